The molecule has 1 heterocycles. The second kappa shape index (κ2) is 5.38. The fourth-order valence-corrected chi connectivity index (χ4v) is 3.55. The SMILES string of the molecule is CCS(=O)(=O)N1CCC(C(=O)NC2(CO)CC2)CC1. The molecule has 1 saturated heterocycles. The highest BCUT2D eigenvalue weighted by molar-refractivity contribution is 7.89. The molecule has 0 atom stereocenters. The summed E-state index contributed by atoms with van der Waals surface area (Å²) in [5.41, 5.74) is -0.385. The zero-order chi connectivity index (χ0) is 14.1. The summed E-state index contributed by atoms with van der Waals surface area (Å²) in [5.74, 6) is -0.0651. The first kappa shape index (κ1) is 14.7. The minimum Gasteiger partial charge on any atom is -0.394 e. The van der Waals surface area contributed by atoms with Crippen LogP contribution in [0.2, 0.25) is 0 Å². The molecule has 0 aromatic heterocycles. The van der Waals surface area contributed by atoms with Crippen molar-refractivity contribution in [2.45, 2.75) is 38.1 Å². The summed E-state index contributed by atoms with van der Waals surface area (Å²) in [6.45, 7) is 2.45. The maximum atomic E-state index is 12.0. The van der Waals surface area contributed by atoms with Crippen molar-refractivity contribution in [3.8, 4) is 0 Å². The van der Waals surface area contributed by atoms with Crippen LogP contribution in [0.3, 0.4) is 0 Å². The van der Waals surface area contributed by atoms with E-state index in [0.29, 0.717) is 25.9 Å². The number of amides is 1. The summed E-state index contributed by atoms with van der Waals surface area (Å²) in [6, 6.07) is 0. The number of aliphatic hydroxyl groups is 1. The van der Waals surface area contributed by atoms with Crippen LogP contribution in [0.4, 0.5) is 0 Å². The first-order valence-electron chi connectivity index (χ1n) is 6.83. The van der Waals surface area contributed by atoms with Crippen LogP contribution in [-0.2, 0) is 14.8 Å². The van der Waals surface area contributed by atoms with Crippen molar-refractivity contribution in [3.63, 3.8) is 0 Å². The van der Waals surface area contributed by atoms with Crippen molar-refractivity contribution in [1.82, 2.24) is 9.62 Å². The molecule has 1 aliphatic heterocycles. The van der Waals surface area contributed by atoms with E-state index in [1.165, 1.54) is 4.31 Å². The molecule has 19 heavy (non-hydrogen) atoms. The Morgan fingerprint density at radius 2 is 1.95 bits per heavy atom. The third-order valence-electron chi connectivity index (χ3n) is 4.13. The third kappa shape index (κ3) is 3.27. The van der Waals surface area contributed by atoms with E-state index in [2.05, 4.69) is 5.32 Å². The van der Waals surface area contributed by atoms with Gasteiger partial charge in [0, 0.05) is 19.0 Å². The number of carbonyl (C=O) groups is 1. The lowest BCUT2D eigenvalue weighted by Crippen LogP contribution is -2.47. The topological polar surface area (TPSA) is 86.7 Å². The lowest BCUT2D eigenvalue weighted by Gasteiger charge is -2.31. The summed E-state index contributed by atoms with van der Waals surface area (Å²) in [6.07, 6.45) is 2.79. The Bertz CT molecular complexity index is 437. The van der Waals surface area contributed by atoms with Gasteiger partial charge in [0.05, 0.1) is 17.9 Å². The van der Waals surface area contributed by atoms with Gasteiger partial charge in [-0.15, -0.1) is 0 Å². The van der Waals surface area contributed by atoms with Gasteiger partial charge in [-0.1, -0.05) is 0 Å². The maximum absolute atomic E-state index is 12.0. The molecule has 2 N–H and O–H groups in total. The predicted octanol–water partition coefficient (Wildman–Crippen LogP) is -0.311. The van der Waals surface area contributed by atoms with Crippen molar-refractivity contribution in [2.75, 3.05) is 25.4 Å². The van der Waals surface area contributed by atoms with Crippen molar-refractivity contribution in [1.29, 1.82) is 0 Å². The molecule has 2 fully saturated rings. The van der Waals surface area contributed by atoms with Gasteiger partial charge in [0.2, 0.25) is 15.9 Å². The molecule has 1 saturated carbocycles. The number of sulfonamides is 1. The predicted molar refractivity (Wildman–Crippen MR) is 71.0 cm³/mol. The maximum Gasteiger partial charge on any atom is 0.223 e. The standard InChI is InChI=1S/C12H22N2O4S/c1-2-19(17,18)14-7-3-10(4-8-14)11(16)13-12(9-15)5-6-12/h10,15H,2-9H2,1H3,(H,13,16). The van der Waals surface area contributed by atoms with E-state index in [0.717, 1.165) is 12.8 Å². The molecule has 0 aromatic rings. The molecule has 6 nitrogen and oxygen atoms in total. The molecule has 1 amide bonds. The van der Waals surface area contributed by atoms with Crippen molar-refractivity contribution in [2.24, 2.45) is 5.92 Å². The van der Waals surface area contributed by atoms with Gasteiger partial charge in [-0.25, -0.2) is 12.7 Å². The number of carbonyl (C=O) groups excluding carboxylic acids is 1. The van der Waals surface area contributed by atoms with Crippen LogP contribution in [0.15, 0.2) is 0 Å². The lowest BCUT2D eigenvalue weighted by molar-refractivity contribution is -0.127. The Kier molecular flexibility index (Phi) is 4.17. The normalized spacial score (nSPS) is 24.1. The van der Waals surface area contributed by atoms with Gasteiger partial charge in [-0.05, 0) is 32.6 Å². The Hall–Kier alpha value is -0.660. The van der Waals surface area contributed by atoms with Crippen LogP contribution in [0.25, 0.3) is 0 Å². The Morgan fingerprint density at radius 3 is 2.37 bits per heavy atom. The van der Waals surface area contributed by atoms with Crippen LogP contribution in [0, 0.1) is 5.92 Å². The van der Waals surface area contributed by atoms with Gasteiger partial charge in [-0.2, -0.15) is 0 Å². The number of rotatable bonds is 5. The largest absolute Gasteiger partial charge is 0.394 e. The van der Waals surface area contributed by atoms with E-state index in [4.69, 9.17) is 0 Å². The summed E-state index contributed by atoms with van der Waals surface area (Å²) in [5, 5.41) is 12.1. The highest BCUT2D eigenvalue weighted by atomic mass is 32.2. The average Bonchev–Trinajstić information content (AvgIpc) is 3.19. The Labute approximate surface area is 114 Å². The first-order valence-corrected chi connectivity index (χ1v) is 8.44. The monoisotopic (exact) mass is 290 g/mol. The fourth-order valence-electron chi connectivity index (χ4n) is 2.42. The number of aliphatic hydroxyl groups excluding tert-OH is 1. The van der Waals surface area contributed by atoms with Crippen LogP contribution >= 0.6 is 0 Å². The van der Waals surface area contributed by atoms with Crippen LogP contribution in [-0.4, -0.2) is 54.7 Å². The second-order valence-corrected chi connectivity index (χ2v) is 7.76. The average molecular weight is 290 g/mol. The molecular formula is C12H22N2O4S. The number of piperidine rings is 1. The molecular weight excluding hydrogens is 268 g/mol. The quantitative estimate of drug-likeness (QED) is 0.727. The number of nitrogens with zero attached hydrogens (tertiary/aromatic N) is 1. The molecule has 0 unspecified atom stereocenters. The van der Waals surface area contributed by atoms with Crippen LogP contribution < -0.4 is 5.32 Å². The van der Waals surface area contributed by atoms with Crippen LogP contribution in [0.1, 0.15) is 32.6 Å². The summed E-state index contributed by atoms with van der Waals surface area (Å²) in [7, 11) is -3.14. The van der Waals surface area contributed by atoms with E-state index < -0.39 is 10.0 Å². The minimum absolute atomic E-state index is 0.0121. The van der Waals surface area contributed by atoms with E-state index >= 15 is 0 Å². The third-order valence-corrected chi connectivity index (χ3v) is 6.01. The van der Waals surface area contributed by atoms with E-state index in [1.807, 2.05) is 0 Å². The first-order chi connectivity index (χ1) is 8.92. The number of hydrogen-bond acceptors (Lipinski definition) is 4. The van der Waals surface area contributed by atoms with Crippen molar-refractivity contribution in [3.05, 3.63) is 0 Å². The highest BCUT2D eigenvalue weighted by Gasteiger charge is 2.44. The highest BCUT2D eigenvalue weighted by Crippen LogP contribution is 2.35. The summed E-state index contributed by atoms with van der Waals surface area (Å²) in [4.78, 5) is 12.0. The second-order valence-electron chi connectivity index (χ2n) is 5.50. The van der Waals surface area contributed by atoms with E-state index in [1.54, 1.807) is 6.92 Å². The minimum atomic E-state index is -3.14. The lowest BCUT2D eigenvalue weighted by atomic mass is 9.97. The molecule has 0 spiro atoms. The molecule has 0 radical (unpaired) electrons. The van der Waals surface area contributed by atoms with Gasteiger partial charge < -0.3 is 10.4 Å². The Morgan fingerprint density at radius 1 is 1.37 bits per heavy atom. The van der Waals surface area contributed by atoms with Gasteiger partial charge in [-0.3, -0.25) is 4.79 Å². The van der Waals surface area contributed by atoms with Gasteiger partial charge in [0.25, 0.3) is 0 Å². The number of nitrogens with one attached hydrogen (secondary N) is 1. The smallest absolute Gasteiger partial charge is 0.223 e. The molecule has 2 aliphatic rings. The van der Waals surface area contributed by atoms with Gasteiger partial charge in [0.15, 0.2) is 0 Å². The van der Waals surface area contributed by atoms with E-state index in [9.17, 15) is 18.3 Å². The molecule has 110 valence electrons. The van der Waals surface area contributed by atoms with Gasteiger partial charge >= 0.3 is 0 Å². The summed E-state index contributed by atoms with van der Waals surface area (Å²) >= 11 is 0. The molecule has 1 aliphatic carbocycles. The Balaban J connectivity index is 1.85. The molecule has 0 aromatic carbocycles. The fraction of sp³-hybridized carbons (Fsp3) is 0.917. The van der Waals surface area contributed by atoms with Crippen LogP contribution in [0.5, 0.6) is 0 Å². The van der Waals surface area contributed by atoms with Crippen molar-refractivity contribution >= 4 is 15.9 Å². The summed E-state index contributed by atoms with van der Waals surface area (Å²) < 4.78 is 24.9. The zero-order valence-corrected chi connectivity index (χ0v) is 12.1. The molecule has 2 rings (SSSR count). The van der Waals surface area contributed by atoms with Crippen molar-refractivity contribution < 1.29 is 18.3 Å². The zero-order valence-electron chi connectivity index (χ0n) is 11.3. The molecule has 0 bridgehead atoms. The van der Waals surface area contributed by atoms with E-state index in [-0.39, 0.29) is 29.7 Å². The van der Waals surface area contributed by atoms with Gasteiger partial charge in [0.1, 0.15) is 0 Å². The molecule has 7 heteroatoms. The number of hydrogen-bond donors (Lipinski definition) is 2.